The highest BCUT2D eigenvalue weighted by molar-refractivity contribution is 6.31. The zero-order valence-electron chi connectivity index (χ0n) is 8.34. The summed E-state index contributed by atoms with van der Waals surface area (Å²) >= 11 is 5.45. The van der Waals surface area contributed by atoms with Gasteiger partial charge in [0.2, 0.25) is 0 Å². The van der Waals surface area contributed by atoms with E-state index in [1.54, 1.807) is 6.92 Å². The molecule has 88 valence electrons. The predicted molar refractivity (Wildman–Crippen MR) is 53.0 cm³/mol. The van der Waals surface area contributed by atoms with E-state index >= 15 is 0 Å². The van der Waals surface area contributed by atoms with Gasteiger partial charge in [0.1, 0.15) is 0 Å². The molecule has 6 heteroatoms. The number of halogens is 3. The molecule has 0 aliphatic rings. The van der Waals surface area contributed by atoms with Crippen molar-refractivity contribution in [2.24, 2.45) is 0 Å². The maximum absolute atomic E-state index is 13.0. The molecule has 0 aromatic heterocycles. The van der Waals surface area contributed by atoms with Crippen LogP contribution in [0.15, 0.2) is 12.1 Å². The third-order valence-electron chi connectivity index (χ3n) is 1.87. The summed E-state index contributed by atoms with van der Waals surface area (Å²) in [4.78, 5) is 11.1. The molecule has 0 spiro atoms. The Labute approximate surface area is 95.6 Å². The van der Waals surface area contributed by atoms with Crippen molar-refractivity contribution in [3.63, 3.8) is 0 Å². The number of esters is 1. The molecule has 0 saturated carbocycles. The monoisotopic (exact) mass is 250 g/mol. The molecule has 16 heavy (non-hydrogen) atoms. The zero-order valence-corrected chi connectivity index (χ0v) is 9.09. The second-order valence-corrected chi connectivity index (χ2v) is 3.30. The number of hydrogen-bond donors (Lipinski definition) is 1. The molecule has 0 amide bonds. The average Bonchev–Trinajstić information content (AvgIpc) is 2.26. The second kappa shape index (κ2) is 5.23. The van der Waals surface area contributed by atoms with Crippen molar-refractivity contribution >= 4 is 17.6 Å². The standard InChI is InChI=1S/C10H9ClF2O3/c1-2-16-10(15)9(14)5-3-4-6(12)8(13)7(5)11/h3-4,9,14H,2H2,1H3. The maximum atomic E-state index is 13.0. The first-order chi connectivity index (χ1) is 7.49. The summed E-state index contributed by atoms with van der Waals surface area (Å²) in [5, 5.41) is 8.84. The Kier molecular flexibility index (Phi) is 4.20. The van der Waals surface area contributed by atoms with Crippen LogP contribution in [0.3, 0.4) is 0 Å². The van der Waals surface area contributed by atoms with E-state index in [0.29, 0.717) is 0 Å². The first-order valence-electron chi connectivity index (χ1n) is 4.47. The highest BCUT2D eigenvalue weighted by Crippen LogP contribution is 2.28. The lowest BCUT2D eigenvalue weighted by Crippen LogP contribution is -2.16. The molecule has 0 bridgehead atoms. The Bertz CT molecular complexity index is 409. The van der Waals surface area contributed by atoms with E-state index in [1.807, 2.05) is 0 Å². The minimum atomic E-state index is -1.72. The van der Waals surface area contributed by atoms with Gasteiger partial charge in [0.05, 0.1) is 11.6 Å². The smallest absolute Gasteiger partial charge is 0.339 e. The van der Waals surface area contributed by atoms with Crippen molar-refractivity contribution in [1.29, 1.82) is 0 Å². The Morgan fingerprint density at radius 1 is 1.56 bits per heavy atom. The van der Waals surface area contributed by atoms with E-state index in [-0.39, 0.29) is 12.2 Å². The Balaban J connectivity index is 3.05. The molecular formula is C10H9ClF2O3. The van der Waals surface area contributed by atoms with Crippen LogP contribution in [0.25, 0.3) is 0 Å². The van der Waals surface area contributed by atoms with Gasteiger partial charge in [0.25, 0.3) is 0 Å². The Morgan fingerprint density at radius 3 is 2.75 bits per heavy atom. The molecule has 1 aromatic rings. The maximum Gasteiger partial charge on any atom is 0.339 e. The molecule has 1 atom stereocenters. The van der Waals surface area contributed by atoms with Crippen molar-refractivity contribution in [3.05, 3.63) is 34.4 Å². The highest BCUT2D eigenvalue weighted by Gasteiger charge is 2.24. The van der Waals surface area contributed by atoms with Crippen molar-refractivity contribution in [2.75, 3.05) is 6.61 Å². The molecule has 0 aliphatic carbocycles. The van der Waals surface area contributed by atoms with Gasteiger partial charge in [0.15, 0.2) is 17.7 Å². The van der Waals surface area contributed by atoms with E-state index in [9.17, 15) is 18.7 Å². The van der Waals surface area contributed by atoms with Gasteiger partial charge in [0, 0.05) is 5.56 Å². The van der Waals surface area contributed by atoms with Crippen LogP contribution in [-0.2, 0) is 9.53 Å². The van der Waals surface area contributed by atoms with Crippen LogP contribution in [0.5, 0.6) is 0 Å². The molecule has 1 aromatic carbocycles. The number of aliphatic hydroxyl groups excluding tert-OH is 1. The normalized spacial score (nSPS) is 12.3. The summed E-state index contributed by atoms with van der Waals surface area (Å²) in [6.45, 7) is 1.62. The third-order valence-corrected chi connectivity index (χ3v) is 2.25. The van der Waals surface area contributed by atoms with Crippen molar-refractivity contribution in [2.45, 2.75) is 13.0 Å². The van der Waals surface area contributed by atoms with Crippen LogP contribution in [0, 0.1) is 11.6 Å². The first-order valence-corrected chi connectivity index (χ1v) is 4.85. The zero-order chi connectivity index (χ0) is 12.3. The molecule has 1 N–H and O–H groups in total. The summed E-state index contributed by atoms with van der Waals surface area (Å²) in [6.07, 6.45) is -1.72. The minimum Gasteiger partial charge on any atom is -0.464 e. The molecule has 0 radical (unpaired) electrons. The molecule has 0 fully saturated rings. The van der Waals surface area contributed by atoms with Crippen molar-refractivity contribution in [1.82, 2.24) is 0 Å². The molecule has 1 rings (SSSR count). The topological polar surface area (TPSA) is 46.5 Å². The molecule has 3 nitrogen and oxygen atoms in total. The number of carbonyl (C=O) groups excluding carboxylic acids is 1. The fourth-order valence-corrected chi connectivity index (χ4v) is 1.36. The molecule has 0 heterocycles. The van der Waals surface area contributed by atoms with Crippen molar-refractivity contribution in [3.8, 4) is 0 Å². The number of aliphatic hydroxyl groups is 1. The lowest BCUT2D eigenvalue weighted by Gasteiger charge is -2.11. The average molecular weight is 251 g/mol. The van der Waals surface area contributed by atoms with Gasteiger partial charge in [-0.3, -0.25) is 0 Å². The SMILES string of the molecule is CCOC(=O)C(O)c1ccc(F)c(F)c1Cl. The number of carbonyl (C=O) groups is 1. The van der Waals surface area contributed by atoms with Gasteiger partial charge < -0.3 is 9.84 Å². The van der Waals surface area contributed by atoms with Crippen molar-refractivity contribution < 1.29 is 23.4 Å². The molecular weight excluding hydrogens is 242 g/mol. The quantitative estimate of drug-likeness (QED) is 0.661. The van der Waals surface area contributed by atoms with Gasteiger partial charge in [-0.2, -0.15) is 0 Å². The summed E-state index contributed by atoms with van der Waals surface area (Å²) < 4.78 is 30.3. The van der Waals surface area contributed by atoms with E-state index in [4.69, 9.17) is 11.6 Å². The van der Waals surface area contributed by atoms with E-state index < -0.39 is 28.7 Å². The fourth-order valence-electron chi connectivity index (χ4n) is 1.10. The fraction of sp³-hybridized carbons (Fsp3) is 0.300. The third kappa shape index (κ3) is 2.48. The van der Waals surface area contributed by atoms with Crippen LogP contribution in [0.2, 0.25) is 5.02 Å². The summed E-state index contributed by atoms with van der Waals surface area (Å²) in [6, 6.07) is 1.81. The van der Waals surface area contributed by atoms with Gasteiger partial charge in [-0.25, -0.2) is 13.6 Å². The van der Waals surface area contributed by atoms with Crippen LogP contribution < -0.4 is 0 Å². The first kappa shape index (κ1) is 12.9. The number of ether oxygens (including phenoxy) is 1. The molecule has 0 aliphatic heterocycles. The predicted octanol–water partition coefficient (Wildman–Crippen LogP) is 2.21. The highest BCUT2D eigenvalue weighted by atomic mass is 35.5. The van der Waals surface area contributed by atoms with E-state index in [0.717, 1.165) is 12.1 Å². The lowest BCUT2D eigenvalue weighted by molar-refractivity contribution is -0.153. The van der Waals surface area contributed by atoms with Crippen LogP contribution in [-0.4, -0.2) is 17.7 Å². The number of benzene rings is 1. The van der Waals surface area contributed by atoms with E-state index in [2.05, 4.69) is 4.74 Å². The van der Waals surface area contributed by atoms with Crippen LogP contribution in [0.4, 0.5) is 8.78 Å². The number of rotatable bonds is 3. The summed E-state index contributed by atoms with van der Waals surface area (Å²) in [7, 11) is 0. The van der Waals surface area contributed by atoms with E-state index in [1.165, 1.54) is 0 Å². The largest absolute Gasteiger partial charge is 0.464 e. The van der Waals surface area contributed by atoms with Gasteiger partial charge in [-0.1, -0.05) is 17.7 Å². The molecule has 0 saturated heterocycles. The van der Waals surface area contributed by atoms with Gasteiger partial charge >= 0.3 is 5.97 Å². The Morgan fingerprint density at radius 2 is 2.19 bits per heavy atom. The summed E-state index contributed by atoms with van der Waals surface area (Å²) in [5.41, 5.74) is -0.223. The second-order valence-electron chi connectivity index (χ2n) is 2.92. The lowest BCUT2D eigenvalue weighted by atomic mass is 10.1. The van der Waals surface area contributed by atoms with Gasteiger partial charge in [-0.05, 0) is 13.0 Å². The summed E-state index contributed by atoms with van der Waals surface area (Å²) in [5.74, 6) is -3.41. The van der Waals surface area contributed by atoms with Crippen LogP contribution >= 0.6 is 11.6 Å². The number of hydrogen-bond acceptors (Lipinski definition) is 3. The Hall–Kier alpha value is -1.20. The molecule has 1 unspecified atom stereocenters. The van der Waals surface area contributed by atoms with Gasteiger partial charge in [-0.15, -0.1) is 0 Å². The van der Waals surface area contributed by atoms with Crippen LogP contribution in [0.1, 0.15) is 18.6 Å². The minimum absolute atomic E-state index is 0.0667.